The van der Waals surface area contributed by atoms with Gasteiger partial charge in [-0.1, -0.05) is 0 Å². The van der Waals surface area contributed by atoms with Crippen LogP contribution < -0.4 is 10.1 Å². The average molecular weight is 295 g/mol. The summed E-state index contributed by atoms with van der Waals surface area (Å²) in [7, 11) is 1.64. The molecule has 0 radical (unpaired) electrons. The molecule has 1 saturated heterocycles. The van der Waals surface area contributed by atoms with Gasteiger partial charge in [-0.15, -0.1) is 11.8 Å². The van der Waals surface area contributed by atoms with Crippen molar-refractivity contribution >= 4 is 17.7 Å². The van der Waals surface area contributed by atoms with Crippen LogP contribution in [-0.4, -0.2) is 37.5 Å². The van der Waals surface area contributed by atoms with Gasteiger partial charge >= 0.3 is 0 Å². The minimum Gasteiger partial charge on any atom is -0.497 e. The predicted molar refractivity (Wildman–Crippen MR) is 80.3 cm³/mol. The number of nitrogens with one attached hydrogen (secondary N) is 1. The molecule has 1 heterocycles. The lowest BCUT2D eigenvalue weighted by Crippen LogP contribution is -2.36. The molecule has 4 nitrogen and oxygen atoms in total. The average Bonchev–Trinajstić information content (AvgIpc) is 2.98. The summed E-state index contributed by atoms with van der Waals surface area (Å²) in [5.41, 5.74) is 0. The Balaban J connectivity index is 1.77. The van der Waals surface area contributed by atoms with Crippen LogP contribution in [0.2, 0.25) is 0 Å². The van der Waals surface area contributed by atoms with E-state index in [1.165, 1.54) is 0 Å². The van der Waals surface area contributed by atoms with Crippen molar-refractivity contribution in [3.05, 3.63) is 24.3 Å². The van der Waals surface area contributed by atoms with E-state index in [1.54, 1.807) is 18.9 Å². The molecule has 0 spiro atoms. The molecule has 1 fully saturated rings. The lowest BCUT2D eigenvalue weighted by atomic mass is 10.2. The highest BCUT2D eigenvalue weighted by molar-refractivity contribution is 8.00. The molecule has 2 atom stereocenters. The van der Waals surface area contributed by atoms with Crippen molar-refractivity contribution in [1.82, 2.24) is 5.32 Å². The lowest BCUT2D eigenvalue weighted by Gasteiger charge is -2.14. The Morgan fingerprint density at radius 3 is 2.85 bits per heavy atom. The van der Waals surface area contributed by atoms with Gasteiger partial charge in [0.1, 0.15) is 5.75 Å². The van der Waals surface area contributed by atoms with E-state index < -0.39 is 0 Å². The molecule has 0 aliphatic carbocycles. The fraction of sp³-hybridized carbons (Fsp3) is 0.533. The maximum absolute atomic E-state index is 12.0. The second kappa shape index (κ2) is 7.55. The molecule has 0 saturated carbocycles. The summed E-state index contributed by atoms with van der Waals surface area (Å²) in [5.74, 6) is 0.881. The largest absolute Gasteiger partial charge is 0.497 e. The number of hydrogen-bond donors (Lipinski definition) is 1. The highest BCUT2D eigenvalue weighted by atomic mass is 32.2. The first-order valence-corrected chi connectivity index (χ1v) is 7.77. The van der Waals surface area contributed by atoms with Crippen molar-refractivity contribution in [3.63, 3.8) is 0 Å². The van der Waals surface area contributed by atoms with Gasteiger partial charge in [0.05, 0.1) is 18.5 Å². The van der Waals surface area contributed by atoms with Crippen LogP contribution in [0.25, 0.3) is 0 Å². The molecule has 1 aliphatic heterocycles. The van der Waals surface area contributed by atoms with Crippen LogP contribution in [0.3, 0.4) is 0 Å². The normalized spacial score (nSPS) is 19.6. The molecule has 2 rings (SSSR count). The van der Waals surface area contributed by atoms with Crippen LogP contribution >= 0.6 is 11.8 Å². The third kappa shape index (κ3) is 4.42. The molecule has 1 amide bonds. The van der Waals surface area contributed by atoms with Gasteiger partial charge in [0, 0.05) is 18.0 Å². The first-order chi connectivity index (χ1) is 9.69. The topological polar surface area (TPSA) is 47.6 Å². The lowest BCUT2D eigenvalue weighted by molar-refractivity contribution is -0.120. The third-order valence-corrected chi connectivity index (χ3v) is 4.38. The number of rotatable bonds is 6. The number of benzene rings is 1. The van der Waals surface area contributed by atoms with Gasteiger partial charge in [-0.3, -0.25) is 4.79 Å². The van der Waals surface area contributed by atoms with Gasteiger partial charge in [-0.25, -0.2) is 0 Å². The van der Waals surface area contributed by atoms with Crippen LogP contribution in [-0.2, 0) is 9.53 Å². The predicted octanol–water partition coefficient (Wildman–Crippen LogP) is 2.47. The molecular formula is C15H21NO3S. The van der Waals surface area contributed by atoms with Crippen LogP contribution in [0.5, 0.6) is 5.75 Å². The van der Waals surface area contributed by atoms with E-state index in [4.69, 9.17) is 9.47 Å². The highest BCUT2D eigenvalue weighted by Crippen LogP contribution is 2.25. The molecule has 0 unspecified atom stereocenters. The molecule has 110 valence electrons. The van der Waals surface area contributed by atoms with E-state index in [-0.39, 0.29) is 17.3 Å². The van der Waals surface area contributed by atoms with Gasteiger partial charge in [-0.2, -0.15) is 0 Å². The molecular weight excluding hydrogens is 274 g/mol. The number of ether oxygens (including phenoxy) is 2. The summed E-state index contributed by atoms with van der Waals surface area (Å²) in [5, 5.41) is 2.84. The van der Waals surface area contributed by atoms with Crippen molar-refractivity contribution in [2.75, 3.05) is 20.3 Å². The Labute approximate surface area is 124 Å². The minimum absolute atomic E-state index is 0.0568. The first-order valence-electron chi connectivity index (χ1n) is 6.89. The van der Waals surface area contributed by atoms with E-state index >= 15 is 0 Å². The van der Waals surface area contributed by atoms with Gasteiger partial charge < -0.3 is 14.8 Å². The van der Waals surface area contributed by atoms with E-state index in [0.717, 1.165) is 30.1 Å². The second-order valence-corrected chi connectivity index (χ2v) is 6.23. The van der Waals surface area contributed by atoms with Crippen molar-refractivity contribution in [3.8, 4) is 5.75 Å². The SMILES string of the molecule is COc1ccc(S[C@@H](C)C(=O)NC[C@@H]2CCCO2)cc1. The zero-order valence-corrected chi connectivity index (χ0v) is 12.7. The van der Waals surface area contributed by atoms with E-state index in [1.807, 2.05) is 31.2 Å². The standard InChI is InChI=1S/C15H21NO3S/c1-11(15(17)16-10-13-4-3-9-19-13)20-14-7-5-12(18-2)6-8-14/h5-8,11,13H,3-4,9-10H2,1-2H3,(H,16,17)/t11-,13-/m0/s1. The Morgan fingerprint density at radius 2 is 2.25 bits per heavy atom. The second-order valence-electron chi connectivity index (χ2n) is 4.82. The van der Waals surface area contributed by atoms with E-state index in [0.29, 0.717) is 6.54 Å². The Hall–Kier alpha value is -1.20. The number of hydrogen-bond acceptors (Lipinski definition) is 4. The zero-order valence-electron chi connectivity index (χ0n) is 11.9. The van der Waals surface area contributed by atoms with Crippen molar-refractivity contribution in [1.29, 1.82) is 0 Å². The summed E-state index contributed by atoms with van der Waals surface area (Å²) >= 11 is 1.54. The Bertz CT molecular complexity index is 429. The van der Waals surface area contributed by atoms with Crippen LogP contribution in [0, 0.1) is 0 Å². The molecule has 5 heteroatoms. The molecule has 1 aliphatic rings. The summed E-state index contributed by atoms with van der Waals surface area (Å²) in [6, 6.07) is 7.74. The molecule has 20 heavy (non-hydrogen) atoms. The summed E-state index contributed by atoms with van der Waals surface area (Å²) < 4.78 is 10.6. The monoisotopic (exact) mass is 295 g/mol. The van der Waals surface area contributed by atoms with Gasteiger partial charge in [0.2, 0.25) is 5.91 Å². The number of thioether (sulfide) groups is 1. The molecule has 0 bridgehead atoms. The van der Waals surface area contributed by atoms with Crippen molar-refractivity contribution in [2.24, 2.45) is 0 Å². The minimum atomic E-state index is -0.121. The van der Waals surface area contributed by atoms with Crippen LogP contribution in [0.15, 0.2) is 29.2 Å². The van der Waals surface area contributed by atoms with Crippen molar-refractivity contribution in [2.45, 2.75) is 36.0 Å². The van der Waals surface area contributed by atoms with E-state index in [9.17, 15) is 4.79 Å². The number of carbonyl (C=O) groups is 1. The Kier molecular flexibility index (Phi) is 5.73. The van der Waals surface area contributed by atoms with E-state index in [2.05, 4.69) is 5.32 Å². The molecule has 1 N–H and O–H groups in total. The summed E-state index contributed by atoms with van der Waals surface area (Å²) in [6.07, 6.45) is 2.33. The van der Waals surface area contributed by atoms with Gasteiger partial charge in [0.25, 0.3) is 0 Å². The number of methoxy groups -OCH3 is 1. The molecule has 0 aromatic heterocycles. The molecule has 1 aromatic carbocycles. The van der Waals surface area contributed by atoms with Crippen LogP contribution in [0.1, 0.15) is 19.8 Å². The fourth-order valence-electron chi connectivity index (χ4n) is 2.08. The zero-order chi connectivity index (χ0) is 14.4. The summed E-state index contributed by atoms with van der Waals surface area (Å²) in [4.78, 5) is 13.1. The summed E-state index contributed by atoms with van der Waals surface area (Å²) in [6.45, 7) is 3.35. The maximum atomic E-state index is 12.0. The number of amides is 1. The maximum Gasteiger partial charge on any atom is 0.233 e. The third-order valence-electron chi connectivity index (χ3n) is 3.27. The highest BCUT2D eigenvalue weighted by Gasteiger charge is 2.19. The quantitative estimate of drug-likeness (QED) is 0.819. The van der Waals surface area contributed by atoms with Gasteiger partial charge in [-0.05, 0) is 44.0 Å². The molecule has 1 aromatic rings. The van der Waals surface area contributed by atoms with Gasteiger partial charge in [0.15, 0.2) is 0 Å². The fourth-order valence-corrected chi connectivity index (χ4v) is 2.97. The van der Waals surface area contributed by atoms with Crippen LogP contribution in [0.4, 0.5) is 0 Å². The smallest absolute Gasteiger partial charge is 0.233 e. The Morgan fingerprint density at radius 1 is 1.50 bits per heavy atom. The van der Waals surface area contributed by atoms with Crippen molar-refractivity contribution < 1.29 is 14.3 Å². The first kappa shape index (κ1) is 15.2. The number of carbonyl (C=O) groups excluding carboxylic acids is 1.